The standard InChI is InChI=1S/C7H9Cl3O3/c1-4(11)3-6(7(8,9)10)13-5(2)12/h6H,3H2,1-2H3. The van der Waals surface area contributed by atoms with Crippen LogP contribution < -0.4 is 0 Å². The third-order valence-electron chi connectivity index (χ3n) is 1.15. The molecule has 13 heavy (non-hydrogen) atoms. The summed E-state index contributed by atoms with van der Waals surface area (Å²) >= 11 is 16.5. The monoisotopic (exact) mass is 246 g/mol. The number of rotatable bonds is 3. The van der Waals surface area contributed by atoms with Gasteiger partial charge in [-0.2, -0.15) is 0 Å². The lowest BCUT2D eigenvalue weighted by atomic mass is 10.2. The van der Waals surface area contributed by atoms with Gasteiger partial charge in [0.25, 0.3) is 0 Å². The van der Waals surface area contributed by atoms with E-state index in [4.69, 9.17) is 34.8 Å². The summed E-state index contributed by atoms with van der Waals surface area (Å²) in [5.74, 6) is -0.796. The number of halogens is 3. The van der Waals surface area contributed by atoms with E-state index in [1.807, 2.05) is 0 Å². The van der Waals surface area contributed by atoms with Crippen LogP contribution in [-0.4, -0.2) is 21.6 Å². The first-order valence-electron chi connectivity index (χ1n) is 3.47. The van der Waals surface area contributed by atoms with Crippen molar-refractivity contribution in [3.63, 3.8) is 0 Å². The Morgan fingerprint density at radius 2 is 1.77 bits per heavy atom. The molecule has 1 atom stereocenters. The van der Waals surface area contributed by atoms with E-state index in [0.29, 0.717) is 0 Å². The second-order valence-electron chi connectivity index (χ2n) is 2.55. The highest BCUT2D eigenvalue weighted by Crippen LogP contribution is 2.34. The number of esters is 1. The number of hydrogen-bond acceptors (Lipinski definition) is 3. The van der Waals surface area contributed by atoms with Crippen LogP contribution >= 0.6 is 34.8 Å². The predicted octanol–water partition coefficient (Wildman–Crippen LogP) is 2.27. The zero-order chi connectivity index (χ0) is 10.6. The molecule has 0 saturated carbocycles. The Morgan fingerprint density at radius 3 is 2.00 bits per heavy atom. The molecule has 0 fully saturated rings. The minimum absolute atomic E-state index is 0.101. The van der Waals surface area contributed by atoms with Gasteiger partial charge in [-0.3, -0.25) is 9.59 Å². The van der Waals surface area contributed by atoms with Crippen LogP contribution in [0.3, 0.4) is 0 Å². The van der Waals surface area contributed by atoms with Crippen LogP contribution in [0.2, 0.25) is 0 Å². The molecule has 0 bridgehead atoms. The van der Waals surface area contributed by atoms with Crippen LogP contribution in [0, 0.1) is 0 Å². The Labute approximate surface area is 91.3 Å². The largest absolute Gasteiger partial charge is 0.458 e. The van der Waals surface area contributed by atoms with Gasteiger partial charge in [0, 0.05) is 13.3 Å². The van der Waals surface area contributed by atoms with Crippen LogP contribution in [0.4, 0.5) is 0 Å². The minimum Gasteiger partial charge on any atom is -0.458 e. The zero-order valence-corrected chi connectivity index (χ0v) is 9.41. The average molecular weight is 248 g/mol. The molecular formula is C7H9Cl3O3. The van der Waals surface area contributed by atoms with E-state index in [-0.39, 0.29) is 12.2 Å². The molecule has 3 nitrogen and oxygen atoms in total. The number of Topliss-reactive ketones (excluding diaryl/α,β-unsaturated/α-hetero) is 1. The van der Waals surface area contributed by atoms with Crippen molar-refractivity contribution in [1.82, 2.24) is 0 Å². The highest BCUT2D eigenvalue weighted by molar-refractivity contribution is 6.68. The van der Waals surface area contributed by atoms with Crippen molar-refractivity contribution in [3.8, 4) is 0 Å². The van der Waals surface area contributed by atoms with Crippen molar-refractivity contribution >= 4 is 46.6 Å². The van der Waals surface area contributed by atoms with Gasteiger partial charge in [0.2, 0.25) is 3.79 Å². The van der Waals surface area contributed by atoms with Gasteiger partial charge in [-0.15, -0.1) is 0 Å². The molecule has 0 N–H and O–H groups in total. The van der Waals surface area contributed by atoms with Crippen LogP contribution in [0.25, 0.3) is 0 Å². The lowest BCUT2D eigenvalue weighted by Gasteiger charge is -2.22. The third-order valence-corrected chi connectivity index (χ3v) is 1.88. The molecule has 76 valence electrons. The molecule has 6 heteroatoms. The molecular weight excluding hydrogens is 238 g/mol. The summed E-state index contributed by atoms with van der Waals surface area (Å²) in [5, 5.41) is 0. The summed E-state index contributed by atoms with van der Waals surface area (Å²) < 4.78 is 2.90. The smallest absolute Gasteiger partial charge is 0.303 e. The highest BCUT2D eigenvalue weighted by atomic mass is 35.6. The van der Waals surface area contributed by atoms with E-state index in [1.165, 1.54) is 13.8 Å². The second-order valence-corrected chi connectivity index (χ2v) is 4.91. The Balaban J connectivity index is 4.37. The van der Waals surface area contributed by atoms with Gasteiger partial charge >= 0.3 is 5.97 Å². The van der Waals surface area contributed by atoms with E-state index >= 15 is 0 Å². The topological polar surface area (TPSA) is 43.4 Å². The predicted molar refractivity (Wildman–Crippen MR) is 51.1 cm³/mol. The van der Waals surface area contributed by atoms with Crippen molar-refractivity contribution < 1.29 is 14.3 Å². The first kappa shape index (κ1) is 13.0. The zero-order valence-electron chi connectivity index (χ0n) is 7.14. The second kappa shape index (κ2) is 5.03. The summed E-state index contributed by atoms with van der Waals surface area (Å²) in [7, 11) is 0. The molecule has 0 spiro atoms. The van der Waals surface area contributed by atoms with Gasteiger partial charge in [-0.25, -0.2) is 0 Å². The van der Waals surface area contributed by atoms with Gasteiger partial charge in [0.15, 0.2) is 6.10 Å². The normalized spacial score (nSPS) is 13.6. The first-order chi connectivity index (χ1) is 5.73. The van der Waals surface area contributed by atoms with Crippen molar-refractivity contribution in [1.29, 1.82) is 0 Å². The summed E-state index contributed by atoms with van der Waals surface area (Å²) in [5.41, 5.74) is 0. The van der Waals surface area contributed by atoms with Crippen molar-refractivity contribution in [2.45, 2.75) is 30.2 Å². The molecule has 0 saturated heterocycles. The Morgan fingerprint density at radius 1 is 1.31 bits per heavy atom. The molecule has 0 aromatic rings. The lowest BCUT2D eigenvalue weighted by molar-refractivity contribution is -0.147. The summed E-state index contributed by atoms with van der Waals surface area (Å²) in [6.07, 6.45) is -1.12. The first-order valence-corrected chi connectivity index (χ1v) is 4.60. The summed E-state index contributed by atoms with van der Waals surface area (Å²) in [6.45, 7) is 2.51. The van der Waals surface area contributed by atoms with Crippen LogP contribution in [0.15, 0.2) is 0 Å². The molecule has 0 aromatic heterocycles. The fraction of sp³-hybridized carbons (Fsp3) is 0.714. The van der Waals surface area contributed by atoms with Gasteiger partial charge in [-0.1, -0.05) is 34.8 Å². The van der Waals surface area contributed by atoms with E-state index in [0.717, 1.165) is 0 Å². The molecule has 0 amide bonds. The molecule has 0 rings (SSSR count). The van der Waals surface area contributed by atoms with E-state index < -0.39 is 15.9 Å². The molecule has 0 aliphatic carbocycles. The fourth-order valence-corrected chi connectivity index (χ4v) is 1.05. The molecule has 0 aliphatic heterocycles. The minimum atomic E-state index is -1.77. The average Bonchev–Trinajstić information content (AvgIpc) is 1.81. The number of carbonyl (C=O) groups excluding carboxylic acids is 2. The van der Waals surface area contributed by atoms with Gasteiger partial charge in [-0.05, 0) is 6.92 Å². The van der Waals surface area contributed by atoms with Crippen LogP contribution in [-0.2, 0) is 14.3 Å². The number of ether oxygens (including phenoxy) is 1. The highest BCUT2D eigenvalue weighted by Gasteiger charge is 2.36. The Hall–Kier alpha value is 0.01000. The van der Waals surface area contributed by atoms with Crippen LogP contribution in [0.1, 0.15) is 20.3 Å². The van der Waals surface area contributed by atoms with Gasteiger partial charge in [0.05, 0.1) is 0 Å². The maximum absolute atomic E-state index is 10.7. The summed E-state index contributed by atoms with van der Waals surface area (Å²) in [4.78, 5) is 21.3. The van der Waals surface area contributed by atoms with Gasteiger partial charge < -0.3 is 4.74 Å². The van der Waals surface area contributed by atoms with Gasteiger partial charge in [0.1, 0.15) is 5.78 Å². The maximum atomic E-state index is 10.7. The molecule has 0 aliphatic rings. The van der Waals surface area contributed by atoms with E-state index in [2.05, 4.69) is 4.74 Å². The molecule has 0 heterocycles. The fourth-order valence-electron chi connectivity index (χ4n) is 0.686. The number of ketones is 1. The van der Waals surface area contributed by atoms with Crippen molar-refractivity contribution in [3.05, 3.63) is 0 Å². The van der Waals surface area contributed by atoms with Crippen molar-refractivity contribution in [2.75, 3.05) is 0 Å². The molecule has 0 aromatic carbocycles. The van der Waals surface area contributed by atoms with E-state index in [9.17, 15) is 9.59 Å². The van der Waals surface area contributed by atoms with E-state index in [1.54, 1.807) is 0 Å². The maximum Gasteiger partial charge on any atom is 0.303 e. The molecule has 0 radical (unpaired) electrons. The Bertz CT molecular complexity index is 194. The SMILES string of the molecule is CC(=O)CC(OC(C)=O)C(Cl)(Cl)Cl. The van der Waals surface area contributed by atoms with Crippen LogP contribution in [0.5, 0.6) is 0 Å². The Kier molecular flexibility index (Phi) is 5.04. The number of hydrogen-bond donors (Lipinski definition) is 0. The number of alkyl halides is 3. The quantitative estimate of drug-likeness (QED) is 0.567. The summed E-state index contributed by atoms with van der Waals surface area (Å²) in [6, 6.07) is 0. The molecule has 1 unspecified atom stereocenters. The van der Waals surface area contributed by atoms with Crippen molar-refractivity contribution in [2.24, 2.45) is 0 Å². The number of carbonyl (C=O) groups is 2. The lowest BCUT2D eigenvalue weighted by Crippen LogP contribution is -2.32. The third kappa shape index (κ3) is 6.13.